The first-order valence-corrected chi connectivity index (χ1v) is 4.96. The molecule has 0 aromatic carbocycles. The van der Waals surface area contributed by atoms with E-state index in [2.05, 4.69) is 15.9 Å². The molecule has 0 rings (SSSR count). The average Bonchev–Trinajstić information content (AvgIpc) is 1.98. The number of unbranched alkanes of at least 4 members (excludes halogenated alkanes) is 2. The van der Waals surface area contributed by atoms with Crippen LogP contribution >= 0.6 is 27.5 Å². The van der Waals surface area contributed by atoms with E-state index in [4.69, 9.17) is 16.9 Å². The van der Waals surface area contributed by atoms with Crippen LogP contribution in [-0.2, 0) is 0 Å². The fraction of sp³-hybridized carbons (Fsp3) is 0.857. The molecule has 0 aliphatic carbocycles. The molecule has 0 N–H and O–H groups in total. The lowest BCUT2D eigenvalue weighted by atomic mass is 10.2. The molecular weight excluding hydrogens is 213 g/mol. The first-order chi connectivity index (χ1) is 4.81. The summed E-state index contributed by atoms with van der Waals surface area (Å²) >= 11 is 8.91. The molecule has 3 heteroatoms. The highest BCUT2D eigenvalue weighted by Crippen LogP contribution is 2.08. The van der Waals surface area contributed by atoms with Crippen LogP contribution in [0, 0.1) is 11.3 Å². The number of rotatable bonds is 5. The van der Waals surface area contributed by atoms with E-state index in [1.807, 2.05) is 6.07 Å². The van der Waals surface area contributed by atoms with Gasteiger partial charge in [-0.1, -0.05) is 28.8 Å². The summed E-state index contributed by atoms with van der Waals surface area (Å²) in [7, 11) is 0. The van der Waals surface area contributed by atoms with Crippen molar-refractivity contribution in [1.82, 2.24) is 0 Å². The lowest BCUT2D eigenvalue weighted by Crippen LogP contribution is -1.92. The minimum absolute atomic E-state index is 0.282. The Kier molecular flexibility index (Phi) is 7.56. The number of hydrogen-bond donors (Lipinski definition) is 0. The first kappa shape index (κ1) is 10.3. The van der Waals surface area contributed by atoms with Gasteiger partial charge in [-0.05, 0) is 12.8 Å². The number of nitriles is 1. The zero-order chi connectivity index (χ0) is 7.82. The quantitative estimate of drug-likeness (QED) is 0.520. The molecule has 0 radical (unpaired) electrons. The Morgan fingerprint density at radius 3 is 2.60 bits per heavy atom. The normalized spacial score (nSPS) is 12.5. The van der Waals surface area contributed by atoms with E-state index in [1.165, 1.54) is 6.42 Å². The molecule has 0 bridgehead atoms. The van der Waals surface area contributed by atoms with Gasteiger partial charge in [-0.25, -0.2) is 0 Å². The van der Waals surface area contributed by atoms with Crippen LogP contribution in [0.3, 0.4) is 0 Å². The molecule has 1 unspecified atom stereocenters. The Balaban J connectivity index is 2.98. The second kappa shape index (κ2) is 7.37. The fourth-order valence-corrected chi connectivity index (χ4v) is 1.21. The molecule has 0 saturated heterocycles. The zero-order valence-electron chi connectivity index (χ0n) is 5.82. The molecule has 1 atom stereocenters. The van der Waals surface area contributed by atoms with E-state index in [9.17, 15) is 0 Å². The first-order valence-electron chi connectivity index (χ1n) is 3.41. The minimum atomic E-state index is -0.282. The molecule has 0 saturated carbocycles. The summed E-state index contributed by atoms with van der Waals surface area (Å²) in [5.41, 5.74) is 0. The third-order valence-corrected chi connectivity index (χ3v) is 2.11. The second-order valence-corrected chi connectivity index (χ2v) is 3.45. The van der Waals surface area contributed by atoms with E-state index < -0.39 is 0 Å². The SMILES string of the molecule is N#CC(Cl)CCCCCBr. The smallest absolute Gasteiger partial charge is 0.120 e. The maximum absolute atomic E-state index is 8.30. The predicted octanol–water partition coefficient (Wildman–Crippen LogP) is 3.07. The Labute approximate surface area is 75.5 Å². The van der Waals surface area contributed by atoms with Crippen LogP contribution in [0.4, 0.5) is 0 Å². The Morgan fingerprint density at radius 1 is 1.40 bits per heavy atom. The Bertz CT molecular complexity index is 111. The molecule has 0 fully saturated rings. The molecule has 0 aromatic heterocycles. The second-order valence-electron chi connectivity index (χ2n) is 2.13. The number of hydrogen-bond acceptors (Lipinski definition) is 1. The van der Waals surface area contributed by atoms with Crippen molar-refractivity contribution in [2.24, 2.45) is 0 Å². The van der Waals surface area contributed by atoms with Gasteiger partial charge in [0.05, 0.1) is 6.07 Å². The summed E-state index contributed by atoms with van der Waals surface area (Å²) in [6.45, 7) is 0. The maximum Gasteiger partial charge on any atom is 0.120 e. The minimum Gasteiger partial charge on any atom is -0.197 e. The number of alkyl halides is 2. The van der Waals surface area contributed by atoms with Crippen LogP contribution in [0.15, 0.2) is 0 Å². The van der Waals surface area contributed by atoms with Crippen LogP contribution in [0.25, 0.3) is 0 Å². The summed E-state index contributed by atoms with van der Waals surface area (Å²) < 4.78 is 0. The van der Waals surface area contributed by atoms with Gasteiger partial charge in [-0.15, -0.1) is 11.6 Å². The fourth-order valence-electron chi connectivity index (χ4n) is 0.659. The molecule has 0 heterocycles. The highest BCUT2D eigenvalue weighted by molar-refractivity contribution is 9.09. The van der Waals surface area contributed by atoms with Crippen LogP contribution in [0.1, 0.15) is 25.7 Å². The van der Waals surface area contributed by atoms with Crippen molar-refractivity contribution in [3.8, 4) is 6.07 Å². The molecule has 1 nitrogen and oxygen atoms in total. The van der Waals surface area contributed by atoms with Crippen molar-refractivity contribution in [3.63, 3.8) is 0 Å². The molecule has 0 amide bonds. The molecule has 0 aliphatic rings. The van der Waals surface area contributed by atoms with Gasteiger partial charge in [0.1, 0.15) is 5.38 Å². The number of nitrogens with zero attached hydrogens (tertiary/aromatic N) is 1. The van der Waals surface area contributed by atoms with Crippen LogP contribution in [0.2, 0.25) is 0 Å². The molecule has 10 heavy (non-hydrogen) atoms. The highest BCUT2D eigenvalue weighted by Gasteiger charge is 1.99. The van der Waals surface area contributed by atoms with Gasteiger partial charge < -0.3 is 0 Å². The summed E-state index contributed by atoms with van der Waals surface area (Å²) in [6, 6.07) is 2.00. The van der Waals surface area contributed by atoms with Gasteiger partial charge in [0.2, 0.25) is 0 Å². The Hall–Kier alpha value is 0.260. The maximum atomic E-state index is 8.30. The van der Waals surface area contributed by atoms with Crippen molar-refractivity contribution in [2.45, 2.75) is 31.1 Å². The van der Waals surface area contributed by atoms with Gasteiger partial charge in [0, 0.05) is 5.33 Å². The molecule has 0 aliphatic heterocycles. The van der Waals surface area contributed by atoms with Crippen molar-refractivity contribution >= 4 is 27.5 Å². The molecular formula is C7H11BrClN. The number of halogens is 2. The Morgan fingerprint density at radius 2 is 2.10 bits per heavy atom. The predicted molar refractivity (Wildman–Crippen MR) is 47.5 cm³/mol. The van der Waals surface area contributed by atoms with Crippen LogP contribution < -0.4 is 0 Å². The lowest BCUT2D eigenvalue weighted by molar-refractivity contribution is 0.686. The van der Waals surface area contributed by atoms with Gasteiger partial charge in [-0.3, -0.25) is 0 Å². The molecule has 0 spiro atoms. The molecule has 0 aromatic rings. The summed E-state index contributed by atoms with van der Waals surface area (Å²) in [6.07, 6.45) is 4.23. The highest BCUT2D eigenvalue weighted by atomic mass is 79.9. The van der Waals surface area contributed by atoms with Crippen LogP contribution in [0.5, 0.6) is 0 Å². The standard InChI is InChI=1S/C7H11BrClN/c8-5-3-1-2-4-7(9)6-10/h7H,1-5H2. The van der Waals surface area contributed by atoms with E-state index in [0.717, 1.165) is 24.6 Å². The van der Waals surface area contributed by atoms with Gasteiger partial charge in [-0.2, -0.15) is 5.26 Å². The summed E-state index contributed by atoms with van der Waals surface area (Å²) in [5, 5.41) is 9.07. The van der Waals surface area contributed by atoms with Gasteiger partial charge in [0.25, 0.3) is 0 Å². The molecule has 58 valence electrons. The van der Waals surface area contributed by atoms with E-state index in [-0.39, 0.29) is 5.38 Å². The summed E-state index contributed by atoms with van der Waals surface area (Å²) in [4.78, 5) is 0. The van der Waals surface area contributed by atoms with Crippen molar-refractivity contribution in [3.05, 3.63) is 0 Å². The van der Waals surface area contributed by atoms with Crippen molar-refractivity contribution < 1.29 is 0 Å². The third kappa shape index (κ3) is 6.38. The zero-order valence-corrected chi connectivity index (χ0v) is 8.16. The van der Waals surface area contributed by atoms with Crippen molar-refractivity contribution in [1.29, 1.82) is 5.26 Å². The van der Waals surface area contributed by atoms with Gasteiger partial charge >= 0.3 is 0 Å². The largest absolute Gasteiger partial charge is 0.197 e. The van der Waals surface area contributed by atoms with Crippen LogP contribution in [-0.4, -0.2) is 10.7 Å². The van der Waals surface area contributed by atoms with E-state index in [1.54, 1.807) is 0 Å². The third-order valence-electron chi connectivity index (χ3n) is 1.23. The lowest BCUT2D eigenvalue weighted by Gasteiger charge is -1.97. The monoisotopic (exact) mass is 223 g/mol. The topological polar surface area (TPSA) is 23.8 Å². The van der Waals surface area contributed by atoms with E-state index in [0.29, 0.717) is 0 Å². The summed E-state index contributed by atoms with van der Waals surface area (Å²) in [5.74, 6) is 0. The average molecular weight is 225 g/mol. The van der Waals surface area contributed by atoms with E-state index >= 15 is 0 Å². The van der Waals surface area contributed by atoms with Gasteiger partial charge in [0.15, 0.2) is 0 Å². The van der Waals surface area contributed by atoms with Crippen molar-refractivity contribution in [2.75, 3.05) is 5.33 Å².